The van der Waals surface area contributed by atoms with Crippen LogP contribution in [0.5, 0.6) is 0 Å². The zero-order valence-electron chi connectivity index (χ0n) is 14.8. The van der Waals surface area contributed by atoms with Gasteiger partial charge in [0.05, 0.1) is 18.2 Å². The Labute approximate surface area is 158 Å². The smallest absolute Gasteiger partial charge is 0.226 e. The molecule has 3 aromatic rings. The lowest BCUT2D eigenvalue weighted by molar-refractivity contribution is -0.121. The fourth-order valence-corrected chi connectivity index (χ4v) is 3.99. The van der Waals surface area contributed by atoms with Crippen LogP contribution in [0.3, 0.4) is 0 Å². The third-order valence-corrected chi connectivity index (χ3v) is 5.70. The maximum Gasteiger partial charge on any atom is 0.226 e. The molecule has 0 bridgehead atoms. The van der Waals surface area contributed by atoms with E-state index in [0.717, 1.165) is 16.3 Å². The highest BCUT2D eigenvalue weighted by molar-refractivity contribution is 7.13. The lowest BCUT2D eigenvalue weighted by atomic mass is 10.0. The van der Waals surface area contributed by atoms with Crippen LogP contribution in [0.25, 0.3) is 10.6 Å². The lowest BCUT2D eigenvalue weighted by Gasteiger charge is -2.19. The van der Waals surface area contributed by atoms with Gasteiger partial charge in [-0.25, -0.2) is 4.98 Å². The maximum atomic E-state index is 12.6. The first-order chi connectivity index (χ1) is 12.7. The van der Waals surface area contributed by atoms with Crippen molar-refractivity contribution in [1.82, 2.24) is 10.3 Å². The molecular formula is C22H22N2OS. The predicted molar refractivity (Wildman–Crippen MR) is 106 cm³/mol. The first-order valence-electron chi connectivity index (χ1n) is 9.05. The molecule has 1 aliphatic carbocycles. The summed E-state index contributed by atoms with van der Waals surface area (Å²) in [6, 6.07) is 18.7. The van der Waals surface area contributed by atoms with E-state index >= 15 is 0 Å². The Morgan fingerprint density at radius 3 is 2.58 bits per heavy atom. The molecule has 1 atom stereocenters. The van der Waals surface area contributed by atoms with E-state index < -0.39 is 0 Å². The molecule has 1 unspecified atom stereocenters. The molecule has 1 saturated carbocycles. The summed E-state index contributed by atoms with van der Waals surface area (Å²) in [7, 11) is 0. The quantitative estimate of drug-likeness (QED) is 0.676. The Bertz CT molecular complexity index is 882. The molecule has 4 rings (SSSR count). The van der Waals surface area contributed by atoms with Crippen LogP contribution in [-0.2, 0) is 11.2 Å². The third kappa shape index (κ3) is 4.02. The van der Waals surface area contributed by atoms with Crippen LogP contribution in [0, 0.1) is 12.8 Å². The van der Waals surface area contributed by atoms with E-state index in [1.54, 1.807) is 11.3 Å². The standard InChI is InChI=1S/C22H22N2OS/c1-15-7-9-16(10-8-15)21(17-11-12-17)24-20(25)13-19-14-26-22(23-19)18-5-3-2-4-6-18/h2-10,14,17,21H,11-13H2,1H3,(H,24,25). The van der Waals surface area contributed by atoms with Crippen LogP contribution in [0.15, 0.2) is 60.0 Å². The molecule has 0 aliphatic heterocycles. The number of rotatable bonds is 6. The molecule has 1 aliphatic rings. The lowest BCUT2D eigenvalue weighted by Crippen LogP contribution is -2.31. The van der Waals surface area contributed by atoms with E-state index in [-0.39, 0.29) is 11.9 Å². The highest BCUT2D eigenvalue weighted by Gasteiger charge is 2.33. The van der Waals surface area contributed by atoms with Crippen molar-refractivity contribution in [2.75, 3.05) is 0 Å². The third-order valence-electron chi connectivity index (χ3n) is 4.76. The summed E-state index contributed by atoms with van der Waals surface area (Å²) in [5.41, 5.74) is 4.38. The molecule has 0 spiro atoms. The molecular weight excluding hydrogens is 340 g/mol. The van der Waals surface area contributed by atoms with Gasteiger partial charge in [0.2, 0.25) is 5.91 Å². The minimum atomic E-state index is 0.0485. The van der Waals surface area contributed by atoms with Gasteiger partial charge in [-0.2, -0.15) is 0 Å². The zero-order chi connectivity index (χ0) is 17.9. The number of hydrogen-bond acceptors (Lipinski definition) is 3. The van der Waals surface area contributed by atoms with E-state index in [9.17, 15) is 4.79 Å². The Kier molecular flexibility index (Phi) is 4.85. The van der Waals surface area contributed by atoms with Crippen molar-refractivity contribution in [2.45, 2.75) is 32.2 Å². The molecule has 4 heteroatoms. The molecule has 2 aromatic carbocycles. The monoisotopic (exact) mass is 362 g/mol. The summed E-state index contributed by atoms with van der Waals surface area (Å²) in [5, 5.41) is 6.19. The highest BCUT2D eigenvalue weighted by atomic mass is 32.1. The van der Waals surface area contributed by atoms with E-state index in [1.807, 2.05) is 35.7 Å². The van der Waals surface area contributed by atoms with Crippen LogP contribution in [-0.4, -0.2) is 10.9 Å². The number of nitrogens with zero attached hydrogens (tertiary/aromatic N) is 1. The number of hydrogen-bond donors (Lipinski definition) is 1. The number of thiazole rings is 1. The molecule has 1 heterocycles. The fraction of sp³-hybridized carbons (Fsp3) is 0.273. The van der Waals surface area contributed by atoms with Crippen molar-refractivity contribution in [2.24, 2.45) is 5.92 Å². The van der Waals surface area contributed by atoms with E-state index in [4.69, 9.17) is 0 Å². The topological polar surface area (TPSA) is 42.0 Å². The van der Waals surface area contributed by atoms with E-state index in [1.165, 1.54) is 24.0 Å². The van der Waals surface area contributed by atoms with Crippen LogP contribution in [0.1, 0.15) is 35.7 Å². The Hall–Kier alpha value is -2.46. The molecule has 1 fully saturated rings. The maximum absolute atomic E-state index is 12.6. The summed E-state index contributed by atoms with van der Waals surface area (Å²) in [4.78, 5) is 17.2. The van der Waals surface area contributed by atoms with Gasteiger partial charge in [-0.15, -0.1) is 11.3 Å². The Morgan fingerprint density at radius 1 is 1.15 bits per heavy atom. The second-order valence-electron chi connectivity index (χ2n) is 6.98. The fourth-order valence-electron chi connectivity index (χ4n) is 3.17. The second-order valence-corrected chi connectivity index (χ2v) is 7.84. The van der Waals surface area contributed by atoms with Crippen molar-refractivity contribution in [1.29, 1.82) is 0 Å². The molecule has 1 aromatic heterocycles. The van der Waals surface area contributed by atoms with Crippen LogP contribution < -0.4 is 5.32 Å². The summed E-state index contributed by atoms with van der Waals surface area (Å²) in [6.07, 6.45) is 2.71. The minimum absolute atomic E-state index is 0.0485. The van der Waals surface area contributed by atoms with Crippen LogP contribution in [0.2, 0.25) is 0 Å². The summed E-state index contributed by atoms with van der Waals surface area (Å²) in [6.45, 7) is 2.08. The SMILES string of the molecule is Cc1ccc(C(NC(=O)Cc2csc(-c3ccccc3)n2)C2CC2)cc1. The van der Waals surface area contributed by atoms with Gasteiger partial charge >= 0.3 is 0 Å². The van der Waals surface area contributed by atoms with Gasteiger partial charge < -0.3 is 5.32 Å². The number of aryl methyl sites for hydroxylation is 1. The van der Waals surface area contributed by atoms with Crippen LogP contribution in [0.4, 0.5) is 0 Å². The number of carbonyl (C=O) groups is 1. The molecule has 1 amide bonds. The number of amides is 1. The van der Waals surface area contributed by atoms with Gasteiger partial charge in [0.15, 0.2) is 0 Å². The van der Waals surface area contributed by atoms with Gasteiger partial charge in [0, 0.05) is 10.9 Å². The van der Waals surface area contributed by atoms with Gasteiger partial charge in [-0.1, -0.05) is 60.2 Å². The van der Waals surface area contributed by atoms with Gasteiger partial charge in [-0.05, 0) is 31.2 Å². The van der Waals surface area contributed by atoms with Crippen molar-refractivity contribution in [3.63, 3.8) is 0 Å². The average molecular weight is 362 g/mol. The van der Waals surface area contributed by atoms with Crippen LogP contribution >= 0.6 is 11.3 Å². The van der Waals surface area contributed by atoms with Gasteiger partial charge in [-0.3, -0.25) is 4.79 Å². The Balaban J connectivity index is 1.43. The molecule has 132 valence electrons. The molecule has 3 nitrogen and oxygen atoms in total. The van der Waals surface area contributed by atoms with E-state index in [0.29, 0.717) is 12.3 Å². The normalized spacial score (nSPS) is 14.8. The molecule has 26 heavy (non-hydrogen) atoms. The van der Waals surface area contributed by atoms with Gasteiger partial charge in [0.1, 0.15) is 5.01 Å². The van der Waals surface area contributed by atoms with Gasteiger partial charge in [0.25, 0.3) is 0 Å². The second kappa shape index (κ2) is 7.42. The van der Waals surface area contributed by atoms with E-state index in [2.05, 4.69) is 41.5 Å². The molecule has 0 radical (unpaired) electrons. The molecule has 1 N–H and O–H groups in total. The predicted octanol–water partition coefficient (Wildman–Crippen LogP) is 4.93. The highest BCUT2D eigenvalue weighted by Crippen LogP contribution is 2.41. The summed E-state index contributed by atoms with van der Waals surface area (Å²) >= 11 is 1.59. The number of aromatic nitrogens is 1. The number of nitrogens with one attached hydrogen (secondary N) is 1. The zero-order valence-corrected chi connectivity index (χ0v) is 15.6. The summed E-state index contributed by atoms with van der Waals surface area (Å²) in [5.74, 6) is 0.615. The molecule has 0 saturated heterocycles. The number of carbonyl (C=O) groups excluding carboxylic acids is 1. The number of benzene rings is 2. The van der Waals surface area contributed by atoms with Crippen molar-refractivity contribution < 1.29 is 4.79 Å². The van der Waals surface area contributed by atoms with Crippen molar-refractivity contribution >= 4 is 17.2 Å². The first-order valence-corrected chi connectivity index (χ1v) is 9.93. The Morgan fingerprint density at radius 2 is 1.88 bits per heavy atom. The average Bonchev–Trinajstić information content (AvgIpc) is 3.40. The summed E-state index contributed by atoms with van der Waals surface area (Å²) < 4.78 is 0. The largest absolute Gasteiger partial charge is 0.349 e. The van der Waals surface area contributed by atoms with Crippen molar-refractivity contribution in [3.05, 3.63) is 76.8 Å². The minimum Gasteiger partial charge on any atom is -0.349 e. The van der Waals surface area contributed by atoms with Crippen molar-refractivity contribution in [3.8, 4) is 10.6 Å². The first kappa shape index (κ1) is 17.0.